The van der Waals surface area contributed by atoms with Gasteiger partial charge in [-0.2, -0.15) is 0 Å². The molecule has 0 atom stereocenters. The summed E-state index contributed by atoms with van der Waals surface area (Å²) in [7, 11) is -2.11. The molecule has 0 unspecified atom stereocenters. The summed E-state index contributed by atoms with van der Waals surface area (Å²) in [4.78, 5) is 19.0. The van der Waals surface area contributed by atoms with Crippen LogP contribution in [0.2, 0.25) is 0 Å². The van der Waals surface area contributed by atoms with E-state index >= 15 is 0 Å². The van der Waals surface area contributed by atoms with Crippen molar-refractivity contribution in [1.82, 2.24) is 14.6 Å². The Bertz CT molecular complexity index is 1250. The smallest absolute Gasteiger partial charge is 0.254 e. The van der Waals surface area contributed by atoms with Crippen LogP contribution in [0.1, 0.15) is 21.1 Å². The fourth-order valence-corrected chi connectivity index (χ4v) is 5.00. The lowest BCUT2D eigenvalue weighted by molar-refractivity contribution is 0.0785. The molecule has 2 aromatic heterocycles. The van der Waals surface area contributed by atoms with Gasteiger partial charge in [-0.3, -0.25) is 4.79 Å². The number of nitrogens with one attached hydrogen (secondary N) is 1. The number of amides is 1. The molecule has 0 spiro atoms. The van der Waals surface area contributed by atoms with Gasteiger partial charge >= 0.3 is 0 Å². The van der Waals surface area contributed by atoms with Crippen LogP contribution < -0.4 is 4.72 Å². The number of nitrogens with zero attached hydrogens (tertiary/aromatic N) is 2. The van der Waals surface area contributed by atoms with E-state index < -0.39 is 10.0 Å². The summed E-state index contributed by atoms with van der Waals surface area (Å²) < 4.78 is 33.8. The van der Waals surface area contributed by atoms with Gasteiger partial charge in [0.2, 0.25) is 10.0 Å². The van der Waals surface area contributed by atoms with Crippen molar-refractivity contribution in [1.29, 1.82) is 0 Å². The normalized spacial score (nSPS) is 11.6. The molecule has 1 amide bonds. The monoisotopic (exact) mass is 441 g/mol. The number of fused-ring (bicyclic) bond motifs is 1. The second-order valence-corrected chi connectivity index (χ2v) is 9.55. The molecule has 154 valence electrons. The van der Waals surface area contributed by atoms with Crippen LogP contribution in [0.3, 0.4) is 0 Å². The van der Waals surface area contributed by atoms with Gasteiger partial charge in [-0.15, -0.1) is 11.3 Å². The zero-order valence-electron chi connectivity index (χ0n) is 16.1. The van der Waals surface area contributed by atoms with Crippen LogP contribution in [0.25, 0.3) is 10.2 Å². The standard InChI is InChI=1S/C21H19N3O4S2/c1-24(14-20-23-18-9-2-3-10-19(18)29-20)21(25)15-6-4-8-17(12-15)30(26,27)22-13-16-7-5-11-28-16/h2-12,22H,13-14H2,1H3. The molecule has 1 N–H and O–H groups in total. The highest BCUT2D eigenvalue weighted by atomic mass is 32.2. The molecule has 4 rings (SSSR count). The van der Waals surface area contributed by atoms with Gasteiger partial charge in [0, 0.05) is 12.6 Å². The topological polar surface area (TPSA) is 92.5 Å². The minimum Gasteiger partial charge on any atom is -0.468 e. The van der Waals surface area contributed by atoms with Gasteiger partial charge in [0.25, 0.3) is 5.91 Å². The molecule has 0 fully saturated rings. The number of aromatic nitrogens is 1. The van der Waals surface area contributed by atoms with E-state index in [1.54, 1.807) is 31.3 Å². The third-order valence-corrected chi connectivity index (χ3v) is 6.89. The number of thiazole rings is 1. The summed E-state index contributed by atoms with van der Waals surface area (Å²) >= 11 is 1.53. The van der Waals surface area contributed by atoms with Crippen molar-refractivity contribution in [3.8, 4) is 0 Å². The number of rotatable bonds is 7. The van der Waals surface area contributed by atoms with Gasteiger partial charge in [-0.25, -0.2) is 18.1 Å². The summed E-state index contributed by atoms with van der Waals surface area (Å²) in [5, 5.41) is 0.816. The molecule has 9 heteroatoms. The largest absolute Gasteiger partial charge is 0.468 e. The van der Waals surface area contributed by atoms with Crippen LogP contribution in [0.4, 0.5) is 0 Å². The van der Waals surface area contributed by atoms with Crippen LogP contribution >= 0.6 is 11.3 Å². The van der Waals surface area contributed by atoms with Gasteiger partial charge in [-0.05, 0) is 42.5 Å². The molecule has 2 heterocycles. The van der Waals surface area contributed by atoms with Gasteiger partial charge < -0.3 is 9.32 Å². The maximum Gasteiger partial charge on any atom is 0.254 e. The highest BCUT2D eigenvalue weighted by molar-refractivity contribution is 7.89. The van der Waals surface area contributed by atoms with E-state index in [1.807, 2.05) is 24.3 Å². The summed E-state index contributed by atoms with van der Waals surface area (Å²) in [5.41, 5.74) is 1.19. The lowest BCUT2D eigenvalue weighted by Crippen LogP contribution is -2.27. The van der Waals surface area contributed by atoms with Gasteiger partial charge in [-0.1, -0.05) is 18.2 Å². The molecule has 0 aliphatic rings. The molecular formula is C21H19N3O4S2. The summed E-state index contributed by atoms with van der Waals surface area (Å²) in [6, 6.07) is 17.1. The number of para-hydroxylation sites is 1. The zero-order valence-corrected chi connectivity index (χ0v) is 17.7. The van der Waals surface area contributed by atoms with E-state index in [-0.39, 0.29) is 17.3 Å². The van der Waals surface area contributed by atoms with Crippen molar-refractivity contribution in [3.63, 3.8) is 0 Å². The second kappa shape index (κ2) is 8.39. The number of hydrogen-bond donors (Lipinski definition) is 1. The quantitative estimate of drug-likeness (QED) is 0.473. The summed E-state index contributed by atoms with van der Waals surface area (Å²) in [6.07, 6.45) is 1.48. The maximum absolute atomic E-state index is 12.9. The Hall–Kier alpha value is -3.01. The number of hydrogen-bond acceptors (Lipinski definition) is 6. The number of sulfonamides is 1. The van der Waals surface area contributed by atoms with E-state index in [0.717, 1.165) is 15.2 Å². The Morgan fingerprint density at radius 2 is 1.97 bits per heavy atom. The molecule has 0 saturated carbocycles. The predicted molar refractivity (Wildman–Crippen MR) is 115 cm³/mol. The molecule has 0 aliphatic heterocycles. The van der Waals surface area contributed by atoms with Crippen LogP contribution in [-0.4, -0.2) is 31.3 Å². The molecule has 7 nitrogen and oxygen atoms in total. The van der Waals surface area contributed by atoms with E-state index in [2.05, 4.69) is 9.71 Å². The Morgan fingerprint density at radius 1 is 1.13 bits per heavy atom. The first-order valence-electron chi connectivity index (χ1n) is 9.14. The Labute approximate surface area is 178 Å². The molecule has 30 heavy (non-hydrogen) atoms. The average molecular weight is 442 g/mol. The molecular weight excluding hydrogens is 422 g/mol. The van der Waals surface area contributed by atoms with E-state index in [1.165, 1.54) is 34.6 Å². The van der Waals surface area contributed by atoms with E-state index in [9.17, 15) is 13.2 Å². The highest BCUT2D eigenvalue weighted by Crippen LogP contribution is 2.23. The fraction of sp³-hybridized carbons (Fsp3) is 0.143. The predicted octanol–water partition coefficient (Wildman–Crippen LogP) is 3.64. The Morgan fingerprint density at radius 3 is 2.73 bits per heavy atom. The number of carbonyl (C=O) groups excluding carboxylic acids is 1. The van der Waals surface area contributed by atoms with Crippen molar-refractivity contribution in [3.05, 3.63) is 83.3 Å². The molecule has 0 saturated heterocycles. The lowest BCUT2D eigenvalue weighted by Gasteiger charge is -2.16. The highest BCUT2D eigenvalue weighted by Gasteiger charge is 2.19. The molecule has 4 aromatic rings. The van der Waals surface area contributed by atoms with Gasteiger partial charge in [0.05, 0.1) is 34.5 Å². The van der Waals surface area contributed by atoms with Crippen LogP contribution in [-0.2, 0) is 23.1 Å². The third kappa shape index (κ3) is 4.43. The van der Waals surface area contributed by atoms with Crippen LogP contribution in [0, 0.1) is 0 Å². The maximum atomic E-state index is 12.9. The zero-order chi connectivity index (χ0) is 21.1. The molecule has 0 bridgehead atoms. The fourth-order valence-electron chi connectivity index (χ4n) is 2.94. The van der Waals surface area contributed by atoms with Crippen molar-refractivity contribution in [2.45, 2.75) is 18.0 Å². The first-order chi connectivity index (χ1) is 14.4. The minimum absolute atomic E-state index is 0.0216. The van der Waals surface area contributed by atoms with Gasteiger partial charge in [0.1, 0.15) is 10.8 Å². The second-order valence-electron chi connectivity index (χ2n) is 6.67. The van der Waals surface area contributed by atoms with Crippen molar-refractivity contribution in [2.24, 2.45) is 0 Å². The Kier molecular flexibility index (Phi) is 5.67. The minimum atomic E-state index is -3.79. The van der Waals surface area contributed by atoms with Gasteiger partial charge in [0.15, 0.2) is 0 Å². The van der Waals surface area contributed by atoms with Crippen LogP contribution in [0.5, 0.6) is 0 Å². The lowest BCUT2D eigenvalue weighted by atomic mass is 10.2. The molecule has 0 radical (unpaired) electrons. The number of benzene rings is 2. The van der Waals surface area contributed by atoms with Crippen molar-refractivity contribution < 1.29 is 17.6 Å². The average Bonchev–Trinajstić information content (AvgIpc) is 3.41. The summed E-state index contributed by atoms with van der Waals surface area (Å²) in [6.45, 7) is 0.372. The summed E-state index contributed by atoms with van der Waals surface area (Å²) in [5.74, 6) is 0.221. The third-order valence-electron chi connectivity index (χ3n) is 4.47. The number of furan rings is 1. The van der Waals surface area contributed by atoms with Crippen LogP contribution in [0.15, 0.2) is 76.2 Å². The number of carbonyl (C=O) groups is 1. The molecule has 2 aromatic carbocycles. The molecule has 0 aliphatic carbocycles. The first-order valence-corrected chi connectivity index (χ1v) is 11.4. The Balaban J connectivity index is 1.48. The van der Waals surface area contributed by atoms with E-state index in [4.69, 9.17) is 4.42 Å². The van der Waals surface area contributed by atoms with Crippen molar-refractivity contribution in [2.75, 3.05) is 7.05 Å². The van der Waals surface area contributed by atoms with Crippen molar-refractivity contribution >= 4 is 37.5 Å². The first kappa shape index (κ1) is 20.3. The van der Waals surface area contributed by atoms with E-state index in [0.29, 0.717) is 17.9 Å². The SMILES string of the molecule is CN(Cc1nc2ccccc2s1)C(=O)c1cccc(S(=O)(=O)NCc2ccco2)c1.